The second kappa shape index (κ2) is 12.1. The highest BCUT2D eigenvalue weighted by Crippen LogP contribution is 2.43. The quantitative estimate of drug-likeness (QED) is 0.282. The second-order valence-corrected chi connectivity index (χ2v) is 10.6. The van der Waals surface area contributed by atoms with Gasteiger partial charge >= 0.3 is 0 Å². The van der Waals surface area contributed by atoms with Gasteiger partial charge in [-0.1, -0.05) is 95.3 Å². The molecule has 3 unspecified atom stereocenters. The van der Waals surface area contributed by atoms with Crippen LogP contribution in [-0.4, -0.2) is 10.2 Å². The van der Waals surface area contributed by atoms with Crippen molar-refractivity contribution in [2.75, 3.05) is 0 Å². The molecule has 0 spiro atoms. The molecule has 2 nitrogen and oxygen atoms in total. The number of aryl methyl sites for hydroxylation is 1. The third-order valence-corrected chi connectivity index (χ3v) is 7.23. The third-order valence-electron chi connectivity index (χ3n) is 7.23. The summed E-state index contributed by atoms with van der Waals surface area (Å²) < 4.78 is 0. The highest BCUT2D eigenvalue weighted by molar-refractivity contribution is 5.42. The SMILES string of the molecule is CCc1ccc(C(CC(C)C)CC(CC(c2ccccc2)C(C)C)c2ccc(O)c(O)c2)cc1. The monoisotopic (exact) mass is 458 g/mol. The molecule has 0 radical (unpaired) electrons. The van der Waals surface area contributed by atoms with Crippen LogP contribution in [-0.2, 0) is 6.42 Å². The van der Waals surface area contributed by atoms with E-state index in [-0.39, 0.29) is 17.4 Å². The Morgan fingerprint density at radius 2 is 1.24 bits per heavy atom. The highest BCUT2D eigenvalue weighted by atomic mass is 16.3. The fourth-order valence-electron chi connectivity index (χ4n) is 5.27. The lowest BCUT2D eigenvalue weighted by Crippen LogP contribution is -2.15. The Morgan fingerprint density at radius 1 is 0.618 bits per heavy atom. The predicted octanol–water partition coefficient (Wildman–Crippen LogP) is 8.79. The van der Waals surface area contributed by atoms with E-state index in [1.54, 1.807) is 12.1 Å². The van der Waals surface area contributed by atoms with Crippen molar-refractivity contribution in [1.29, 1.82) is 0 Å². The molecule has 0 saturated heterocycles. The number of hydrogen-bond donors (Lipinski definition) is 2. The van der Waals surface area contributed by atoms with Crippen LogP contribution in [0.4, 0.5) is 0 Å². The molecule has 3 rings (SSSR count). The lowest BCUT2D eigenvalue weighted by molar-refractivity contribution is 0.374. The maximum Gasteiger partial charge on any atom is 0.157 e. The van der Waals surface area contributed by atoms with Gasteiger partial charge in [-0.25, -0.2) is 0 Å². The Balaban J connectivity index is 1.98. The van der Waals surface area contributed by atoms with Gasteiger partial charge in [0.1, 0.15) is 0 Å². The molecular formula is C32H42O2. The number of rotatable bonds is 11. The number of hydrogen-bond acceptors (Lipinski definition) is 2. The molecule has 2 heteroatoms. The molecule has 2 N–H and O–H groups in total. The van der Waals surface area contributed by atoms with Crippen molar-refractivity contribution in [2.24, 2.45) is 11.8 Å². The molecule has 0 aliphatic carbocycles. The topological polar surface area (TPSA) is 40.5 Å². The van der Waals surface area contributed by atoms with Crippen molar-refractivity contribution < 1.29 is 10.2 Å². The average Bonchev–Trinajstić information content (AvgIpc) is 2.83. The molecule has 3 aromatic carbocycles. The van der Waals surface area contributed by atoms with E-state index in [0.29, 0.717) is 23.7 Å². The first-order valence-corrected chi connectivity index (χ1v) is 12.9. The average molecular weight is 459 g/mol. The van der Waals surface area contributed by atoms with Crippen LogP contribution in [0.25, 0.3) is 0 Å². The van der Waals surface area contributed by atoms with Crippen LogP contribution in [0.2, 0.25) is 0 Å². The molecule has 0 bridgehead atoms. The minimum Gasteiger partial charge on any atom is -0.504 e. The van der Waals surface area contributed by atoms with E-state index in [4.69, 9.17) is 0 Å². The van der Waals surface area contributed by atoms with E-state index in [1.165, 1.54) is 16.7 Å². The Bertz CT molecular complexity index is 1000. The van der Waals surface area contributed by atoms with E-state index in [9.17, 15) is 10.2 Å². The fraction of sp³-hybridized carbons (Fsp3) is 0.438. The molecule has 182 valence electrons. The summed E-state index contributed by atoms with van der Waals surface area (Å²) in [6.45, 7) is 11.4. The Morgan fingerprint density at radius 3 is 1.79 bits per heavy atom. The summed E-state index contributed by atoms with van der Waals surface area (Å²) >= 11 is 0. The molecule has 0 aromatic heterocycles. The second-order valence-electron chi connectivity index (χ2n) is 10.6. The Labute approximate surface area is 206 Å². The molecule has 34 heavy (non-hydrogen) atoms. The van der Waals surface area contributed by atoms with Crippen molar-refractivity contribution in [2.45, 2.75) is 78.1 Å². The lowest BCUT2D eigenvalue weighted by Gasteiger charge is -2.31. The highest BCUT2D eigenvalue weighted by Gasteiger charge is 2.27. The number of aromatic hydroxyl groups is 2. The normalized spacial score (nSPS) is 14.3. The first-order valence-electron chi connectivity index (χ1n) is 12.9. The molecular weight excluding hydrogens is 416 g/mol. The lowest BCUT2D eigenvalue weighted by atomic mass is 9.74. The number of benzene rings is 3. The van der Waals surface area contributed by atoms with Gasteiger partial charge in [-0.15, -0.1) is 0 Å². The van der Waals surface area contributed by atoms with Gasteiger partial charge in [-0.3, -0.25) is 0 Å². The van der Waals surface area contributed by atoms with Crippen LogP contribution in [0.15, 0.2) is 72.8 Å². The standard InChI is InChI=1S/C32H42O2/c1-6-24-12-14-25(15-13-24)28(18-22(2)3)19-29(27-16-17-31(33)32(34)21-27)20-30(23(4)5)26-10-8-7-9-11-26/h7-17,21-23,28-30,33-34H,6,18-20H2,1-5H3. The van der Waals surface area contributed by atoms with Gasteiger partial charge in [0.15, 0.2) is 11.5 Å². The van der Waals surface area contributed by atoms with Crippen LogP contribution >= 0.6 is 0 Å². The Kier molecular flexibility index (Phi) is 9.21. The van der Waals surface area contributed by atoms with Crippen LogP contribution in [0, 0.1) is 11.8 Å². The minimum atomic E-state index is -0.0557. The van der Waals surface area contributed by atoms with E-state index in [0.717, 1.165) is 31.2 Å². The summed E-state index contributed by atoms with van der Waals surface area (Å²) in [4.78, 5) is 0. The van der Waals surface area contributed by atoms with Gasteiger partial charge < -0.3 is 10.2 Å². The molecule has 3 aromatic rings. The Hall–Kier alpha value is -2.74. The van der Waals surface area contributed by atoms with Crippen molar-refractivity contribution in [3.05, 3.63) is 95.1 Å². The zero-order valence-electron chi connectivity index (χ0n) is 21.5. The molecule has 0 heterocycles. The zero-order valence-corrected chi connectivity index (χ0v) is 21.5. The molecule has 0 saturated carbocycles. The summed E-state index contributed by atoms with van der Waals surface area (Å²) in [6, 6.07) is 25.4. The van der Waals surface area contributed by atoms with E-state index in [1.807, 2.05) is 6.07 Å². The largest absolute Gasteiger partial charge is 0.504 e. The van der Waals surface area contributed by atoms with Crippen molar-refractivity contribution >= 4 is 0 Å². The van der Waals surface area contributed by atoms with E-state index >= 15 is 0 Å². The van der Waals surface area contributed by atoms with Crippen molar-refractivity contribution in [1.82, 2.24) is 0 Å². The van der Waals surface area contributed by atoms with Crippen molar-refractivity contribution in [3.8, 4) is 11.5 Å². The fourth-order valence-corrected chi connectivity index (χ4v) is 5.27. The van der Waals surface area contributed by atoms with Crippen molar-refractivity contribution in [3.63, 3.8) is 0 Å². The zero-order chi connectivity index (χ0) is 24.7. The summed E-state index contributed by atoms with van der Waals surface area (Å²) in [5.74, 6) is 2.15. The van der Waals surface area contributed by atoms with Gasteiger partial charge in [0, 0.05) is 0 Å². The van der Waals surface area contributed by atoms with Gasteiger partial charge in [0.05, 0.1) is 0 Å². The summed E-state index contributed by atoms with van der Waals surface area (Å²) in [7, 11) is 0. The molecule has 3 atom stereocenters. The first kappa shape index (κ1) is 25.9. The summed E-state index contributed by atoms with van der Waals surface area (Å²) in [6.07, 6.45) is 4.21. The number of phenolic OH excluding ortho intramolecular Hbond substituents is 2. The molecule has 0 fully saturated rings. The van der Waals surface area contributed by atoms with Gasteiger partial charge in [0.2, 0.25) is 0 Å². The smallest absolute Gasteiger partial charge is 0.157 e. The summed E-state index contributed by atoms with van der Waals surface area (Å²) in [5, 5.41) is 20.3. The predicted molar refractivity (Wildman–Crippen MR) is 144 cm³/mol. The minimum absolute atomic E-state index is 0.0315. The third kappa shape index (κ3) is 6.88. The van der Waals surface area contributed by atoms with Gasteiger partial charge in [0.25, 0.3) is 0 Å². The maximum absolute atomic E-state index is 10.3. The molecule has 0 aliphatic rings. The molecule has 0 amide bonds. The summed E-state index contributed by atoms with van der Waals surface area (Å²) in [5.41, 5.74) is 5.25. The number of phenols is 2. The van der Waals surface area contributed by atoms with E-state index < -0.39 is 0 Å². The van der Waals surface area contributed by atoms with Crippen LogP contribution in [0.1, 0.15) is 93.9 Å². The van der Waals surface area contributed by atoms with Gasteiger partial charge in [-0.2, -0.15) is 0 Å². The maximum atomic E-state index is 10.3. The van der Waals surface area contributed by atoms with E-state index in [2.05, 4.69) is 89.2 Å². The molecule has 0 aliphatic heterocycles. The van der Waals surface area contributed by atoms with Crippen LogP contribution in [0.3, 0.4) is 0 Å². The van der Waals surface area contributed by atoms with Gasteiger partial charge in [-0.05, 0) is 89.7 Å². The first-order chi connectivity index (χ1) is 16.3. The van der Waals surface area contributed by atoms with Crippen LogP contribution in [0.5, 0.6) is 11.5 Å². The van der Waals surface area contributed by atoms with Crippen LogP contribution < -0.4 is 0 Å².